The lowest BCUT2D eigenvalue weighted by Crippen LogP contribution is -1.97. The summed E-state index contributed by atoms with van der Waals surface area (Å²) >= 11 is 0. The van der Waals surface area contributed by atoms with E-state index in [1.165, 1.54) is 64.6 Å². The molecule has 0 aliphatic heterocycles. The first-order chi connectivity index (χ1) is 26.3. The lowest BCUT2D eigenvalue weighted by Gasteiger charge is -2.12. The largest absolute Gasteiger partial charge is 0.278 e. The summed E-state index contributed by atoms with van der Waals surface area (Å²) in [6, 6.07) is 64.2. The molecule has 11 aromatic rings. The Kier molecular flexibility index (Phi) is 6.55. The quantitative estimate of drug-likeness (QED) is 0.183. The van der Waals surface area contributed by atoms with E-state index in [1.807, 2.05) is 36.7 Å². The van der Waals surface area contributed by atoms with E-state index in [2.05, 4.69) is 156 Å². The molecule has 3 aromatic heterocycles. The van der Waals surface area contributed by atoms with E-state index in [9.17, 15) is 0 Å². The highest BCUT2D eigenvalue weighted by molar-refractivity contribution is 6.27. The Morgan fingerprint density at radius 2 is 0.755 bits per heavy atom. The lowest BCUT2D eigenvalue weighted by molar-refractivity contribution is 1.06. The molecule has 0 saturated heterocycles. The minimum Gasteiger partial charge on any atom is -0.278 e. The molecule has 0 spiro atoms. The van der Waals surface area contributed by atoms with E-state index in [4.69, 9.17) is 9.97 Å². The molecule has 3 heterocycles. The third kappa shape index (κ3) is 4.61. The Morgan fingerprint density at radius 1 is 0.302 bits per heavy atom. The van der Waals surface area contributed by atoms with Gasteiger partial charge >= 0.3 is 0 Å². The maximum absolute atomic E-state index is 4.82. The van der Waals surface area contributed by atoms with Crippen LogP contribution in [0.4, 0.5) is 0 Å². The van der Waals surface area contributed by atoms with Gasteiger partial charge in [-0.3, -0.25) is 4.57 Å². The number of hydrogen-bond acceptors (Lipinski definition) is 2. The van der Waals surface area contributed by atoms with Crippen LogP contribution in [0.25, 0.3) is 104 Å². The maximum atomic E-state index is 4.82. The molecule has 0 atom stereocenters. The molecule has 0 amide bonds. The Bertz CT molecular complexity index is 3340. The van der Waals surface area contributed by atoms with Crippen LogP contribution in [-0.2, 0) is 0 Å². The van der Waals surface area contributed by atoms with Gasteiger partial charge in [0.25, 0.3) is 0 Å². The standard InChI is InChI=1S/C50H31N3/c1-2-13-33-29-46-44(28-32(33)12-1)41-19-8-7-17-39(41)37-15-4-3-14-36(37)38-16-5-6-18-40(38)42-24-22-34(30-45(42)46)35-23-25-48-47(31-35)43-20-11-27-52-50(43)53(48)49-21-9-10-26-51-49/h1-31H. The molecule has 11 rings (SSSR count). The average molecular weight is 674 g/mol. The van der Waals surface area contributed by atoms with E-state index in [1.54, 1.807) is 0 Å². The minimum absolute atomic E-state index is 0.858. The van der Waals surface area contributed by atoms with Crippen LogP contribution in [0, 0.1) is 0 Å². The minimum atomic E-state index is 0.858. The fraction of sp³-hybridized carbons (Fsp3) is 0. The topological polar surface area (TPSA) is 30.7 Å². The molecule has 0 saturated carbocycles. The molecule has 0 radical (unpaired) electrons. The summed E-state index contributed by atoms with van der Waals surface area (Å²) in [4.78, 5) is 9.51. The molecule has 0 unspecified atom stereocenters. The van der Waals surface area contributed by atoms with Crippen LogP contribution in [0.5, 0.6) is 0 Å². The van der Waals surface area contributed by atoms with Crippen LogP contribution in [-0.4, -0.2) is 14.5 Å². The van der Waals surface area contributed by atoms with Gasteiger partial charge in [-0.2, -0.15) is 0 Å². The summed E-state index contributed by atoms with van der Waals surface area (Å²) < 4.78 is 2.16. The molecular formula is C50H31N3. The van der Waals surface area contributed by atoms with Crippen molar-refractivity contribution < 1.29 is 0 Å². The van der Waals surface area contributed by atoms with E-state index in [-0.39, 0.29) is 0 Å². The highest BCUT2D eigenvalue weighted by atomic mass is 15.1. The Labute approximate surface area is 305 Å². The van der Waals surface area contributed by atoms with Gasteiger partial charge < -0.3 is 0 Å². The molecular weight excluding hydrogens is 643 g/mol. The first-order valence-electron chi connectivity index (χ1n) is 18.1. The van der Waals surface area contributed by atoms with Gasteiger partial charge in [0.2, 0.25) is 0 Å². The highest BCUT2D eigenvalue weighted by Crippen LogP contribution is 2.40. The van der Waals surface area contributed by atoms with Crippen LogP contribution in [0.3, 0.4) is 0 Å². The van der Waals surface area contributed by atoms with Crippen molar-refractivity contribution in [3.63, 3.8) is 0 Å². The van der Waals surface area contributed by atoms with Crippen molar-refractivity contribution in [2.45, 2.75) is 0 Å². The first kappa shape index (κ1) is 29.6. The molecule has 0 bridgehead atoms. The molecule has 3 nitrogen and oxygen atoms in total. The molecule has 0 fully saturated rings. The fourth-order valence-corrected chi connectivity index (χ4v) is 8.47. The zero-order valence-corrected chi connectivity index (χ0v) is 28.7. The molecule has 0 aliphatic carbocycles. The molecule has 53 heavy (non-hydrogen) atoms. The zero-order valence-electron chi connectivity index (χ0n) is 28.7. The number of pyridine rings is 2. The lowest BCUT2D eigenvalue weighted by atomic mass is 9.91. The SMILES string of the molecule is c1ccc(-n2c3ccc(-c4ccc5c6ccccc6c6ccccc6c6ccccc6c6cc7ccccc7cc6c5c4)cc3c3cccnc32)nc1. The summed E-state index contributed by atoms with van der Waals surface area (Å²) in [6.07, 6.45) is 3.69. The Hall–Kier alpha value is -7.10. The van der Waals surface area contributed by atoms with Crippen LogP contribution in [0.1, 0.15) is 0 Å². The number of rotatable bonds is 2. The van der Waals surface area contributed by atoms with Gasteiger partial charge in [-0.05, 0) is 130 Å². The second-order valence-electron chi connectivity index (χ2n) is 13.8. The van der Waals surface area contributed by atoms with Crippen molar-refractivity contribution in [1.82, 2.24) is 14.5 Å². The van der Waals surface area contributed by atoms with E-state index in [0.717, 1.165) is 38.9 Å². The highest BCUT2D eigenvalue weighted by Gasteiger charge is 2.16. The number of fused-ring (bicyclic) bond motifs is 14. The van der Waals surface area contributed by atoms with Crippen molar-refractivity contribution in [2.24, 2.45) is 0 Å². The summed E-state index contributed by atoms with van der Waals surface area (Å²) in [6.45, 7) is 0. The maximum Gasteiger partial charge on any atom is 0.146 e. The fourth-order valence-electron chi connectivity index (χ4n) is 8.47. The van der Waals surface area contributed by atoms with Crippen LogP contribution in [0.2, 0.25) is 0 Å². The molecule has 0 N–H and O–H groups in total. The second-order valence-corrected chi connectivity index (χ2v) is 13.8. The Morgan fingerprint density at radius 3 is 1.36 bits per heavy atom. The van der Waals surface area contributed by atoms with Crippen LogP contribution >= 0.6 is 0 Å². The van der Waals surface area contributed by atoms with Gasteiger partial charge in [0.15, 0.2) is 0 Å². The van der Waals surface area contributed by atoms with E-state index < -0.39 is 0 Å². The number of hydrogen-bond donors (Lipinski definition) is 0. The number of benzene rings is 7. The van der Waals surface area contributed by atoms with E-state index >= 15 is 0 Å². The summed E-state index contributed by atoms with van der Waals surface area (Å²) in [5.74, 6) is 0.858. The average Bonchev–Trinajstić information content (AvgIpc) is 3.57. The number of nitrogens with zero attached hydrogens (tertiary/aromatic N) is 3. The predicted molar refractivity (Wildman–Crippen MR) is 224 cm³/mol. The van der Waals surface area contributed by atoms with Crippen molar-refractivity contribution in [3.8, 4) is 16.9 Å². The molecule has 0 aliphatic rings. The first-order valence-corrected chi connectivity index (χ1v) is 18.1. The van der Waals surface area contributed by atoms with Gasteiger partial charge in [0.05, 0.1) is 5.52 Å². The van der Waals surface area contributed by atoms with Gasteiger partial charge in [0.1, 0.15) is 11.5 Å². The predicted octanol–water partition coefficient (Wildman–Crippen LogP) is 13.3. The Balaban J connectivity index is 1.31. The molecule has 8 aromatic carbocycles. The van der Waals surface area contributed by atoms with Gasteiger partial charge in [-0.15, -0.1) is 0 Å². The zero-order chi connectivity index (χ0) is 34.9. The monoisotopic (exact) mass is 673 g/mol. The summed E-state index contributed by atoms with van der Waals surface area (Å²) in [7, 11) is 0. The normalized spacial score (nSPS) is 11.8. The molecule has 246 valence electrons. The van der Waals surface area contributed by atoms with E-state index in [0.29, 0.717) is 0 Å². The van der Waals surface area contributed by atoms with Crippen molar-refractivity contribution in [3.05, 3.63) is 188 Å². The van der Waals surface area contributed by atoms with Gasteiger partial charge in [0, 0.05) is 23.2 Å². The molecule has 3 heteroatoms. The summed E-state index contributed by atoms with van der Waals surface area (Å²) in [5.41, 5.74) is 4.31. The summed E-state index contributed by atoms with van der Waals surface area (Å²) in [5, 5.41) is 17.0. The van der Waals surface area contributed by atoms with Crippen LogP contribution in [0.15, 0.2) is 188 Å². The van der Waals surface area contributed by atoms with Crippen molar-refractivity contribution in [1.29, 1.82) is 0 Å². The van der Waals surface area contributed by atoms with Gasteiger partial charge in [-0.25, -0.2) is 9.97 Å². The number of aromatic nitrogens is 3. The van der Waals surface area contributed by atoms with Crippen LogP contribution < -0.4 is 0 Å². The van der Waals surface area contributed by atoms with Crippen molar-refractivity contribution in [2.75, 3.05) is 0 Å². The third-order valence-corrected chi connectivity index (χ3v) is 10.9. The third-order valence-electron chi connectivity index (χ3n) is 10.9. The van der Waals surface area contributed by atoms with Gasteiger partial charge in [-0.1, -0.05) is 121 Å². The second kappa shape index (κ2) is 11.7. The van der Waals surface area contributed by atoms with Crippen molar-refractivity contribution >= 4 is 86.6 Å². The smallest absolute Gasteiger partial charge is 0.146 e.